The van der Waals surface area contributed by atoms with Gasteiger partial charge in [-0.05, 0) is 12.8 Å². The molecule has 0 unspecified atom stereocenters. The number of rotatable bonds is 11. The SMILES string of the molecule is COCCOCCOCCNCC1(O)CCCC1. The molecule has 1 rings (SSSR count). The molecule has 5 nitrogen and oxygen atoms in total. The Morgan fingerprint density at radius 1 is 1.00 bits per heavy atom. The van der Waals surface area contributed by atoms with Gasteiger partial charge in [0.05, 0.1) is 38.6 Å². The summed E-state index contributed by atoms with van der Waals surface area (Å²) in [6.45, 7) is 4.57. The van der Waals surface area contributed by atoms with Crippen molar-refractivity contribution in [3.8, 4) is 0 Å². The van der Waals surface area contributed by atoms with E-state index < -0.39 is 5.60 Å². The molecule has 2 N–H and O–H groups in total. The highest BCUT2D eigenvalue weighted by atomic mass is 16.5. The summed E-state index contributed by atoms with van der Waals surface area (Å²) in [4.78, 5) is 0. The molecule has 18 heavy (non-hydrogen) atoms. The van der Waals surface area contributed by atoms with Gasteiger partial charge >= 0.3 is 0 Å². The van der Waals surface area contributed by atoms with Gasteiger partial charge in [-0.15, -0.1) is 0 Å². The molecule has 1 aliphatic carbocycles. The van der Waals surface area contributed by atoms with Crippen LogP contribution in [0.15, 0.2) is 0 Å². The number of hydrogen-bond acceptors (Lipinski definition) is 5. The summed E-state index contributed by atoms with van der Waals surface area (Å²) >= 11 is 0. The number of hydrogen-bond donors (Lipinski definition) is 2. The Hall–Kier alpha value is -0.200. The zero-order valence-electron chi connectivity index (χ0n) is 11.5. The molecule has 1 saturated carbocycles. The van der Waals surface area contributed by atoms with Crippen LogP contribution in [0.1, 0.15) is 25.7 Å². The minimum absolute atomic E-state index is 0.469. The third-order valence-electron chi connectivity index (χ3n) is 3.22. The van der Waals surface area contributed by atoms with Crippen LogP contribution in [0.5, 0.6) is 0 Å². The maximum Gasteiger partial charge on any atom is 0.0771 e. The number of methoxy groups -OCH3 is 1. The van der Waals surface area contributed by atoms with Gasteiger partial charge < -0.3 is 24.6 Å². The zero-order chi connectivity index (χ0) is 13.1. The van der Waals surface area contributed by atoms with Gasteiger partial charge in [-0.3, -0.25) is 0 Å². The van der Waals surface area contributed by atoms with E-state index in [1.165, 1.54) is 0 Å². The Labute approximate surface area is 110 Å². The lowest BCUT2D eigenvalue weighted by molar-refractivity contribution is 0.0218. The monoisotopic (exact) mass is 261 g/mol. The van der Waals surface area contributed by atoms with Gasteiger partial charge in [-0.1, -0.05) is 12.8 Å². The number of aliphatic hydroxyl groups is 1. The number of ether oxygens (including phenoxy) is 3. The van der Waals surface area contributed by atoms with E-state index in [1.54, 1.807) is 7.11 Å². The summed E-state index contributed by atoms with van der Waals surface area (Å²) in [5, 5.41) is 13.3. The van der Waals surface area contributed by atoms with Crippen LogP contribution in [0.4, 0.5) is 0 Å². The van der Waals surface area contributed by atoms with E-state index in [1.807, 2.05) is 0 Å². The van der Waals surface area contributed by atoms with Gasteiger partial charge in [0.2, 0.25) is 0 Å². The smallest absolute Gasteiger partial charge is 0.0771 e. The Balaban J connectivity index is 1.78. The highest BCUT2D eigenvalue weighted by Gasteiger charge is 2.30. The van der Waals surface area contributed by atoms with Gasteiger partial charge in [0, 0.05) is 20.2 Å². The topological polar surface area (TPSA) is 60.0 Å². The van der Waals surface area contributed by atoms with E-state index in [2.05, 4.69) is 5.32 Å². The normalized spacial score (nSPS) is 18.3. The summed E-state index contributed by atoms with van der Waals surface area (Å²) in [7, 11) is 1.66. The Kier molecular flexibility index (Phi) is 8.54. The fourth-order valence-electron chi connectivity index (χ4n) is 2.14. The Morgan fingerprint density at radius 2 is 1.61 bits per heavy atom. The molecule has 0 bridgehead atoms. The lowest BCUT2D eigenvalue weighted by atomic mass is 10.0. The Bertz CT molecular complexity index is 195. The van der Waals surface area contributed by atoms with Crippen LogP contribution >= 0.6 is 0 Å². The van der Waals surface area contributed by atoms with Crippen molar-refractivity contribution >= 4 is 0 Å². The van der Waals surface area contributed by atoms with Gasteiger partial charge in [0.25, 0.3) is 0 Å². The second-order valence-corrected chi connectivity index (χ2v) is 4.83. The lowest BCUT2D eigenvalue weighted by Gasteiger charge is -2.22. The molecule has 0 heterocycles. The standard InChI is InChI=1S/C13H27NO4/c1-16-8-9-18-11-10-17-7-6-14-12-13(15)4-2-3-5-13/h14-15H,2-12H2,1H3. The van der Waals surface area contributed by atoms with E-state index >= 15 is 0 Å². The van der Waals surface area contributed by atoms with Crippen LogP contribution in [-0.2, 0) is 14.2 Å². The van der Waals surface area contributed by atoms with Crippen molar-refractivity contribution in [3.63, 3.8) is 0 Å². The van der Waals surface area contributed by atoms with Crippen molar-refractivity contribution in [2.24, 2.45) is 0 Å². The molecule has 0 saturated heterocycles. The molecule has 0 amide bonds. The summed E-state index contributed by atoms with van der Waals surface area (Å²) in [6.07, 6.45) is 4.14. The summed E-state index contributed by atoms with van der Waals surface area (Å²) < 4.78 is 15.5. The molecule has 108 valence electrons. The van der Waals surface area contributed by atoms with E-state index in [4.69, 9.17) is 14.2 Å². The molecule has 1 aliphatic rings. The molecule has 5 heteroatoms. The molecule has 0 spiro atoms. The predicted octanol–water partition coefficient (Wildman–Crippen LogP) is 0.561. The van der Waals surface area contributed by atoms with Gasteiger partial charge in [-0.2, -0.15) is 0 Å². The zero-order valence-corrected chi connectivity index (χ0v) is 11.5. The van der Waals surface area contributed by atoms with E-state index in [-0.39, 0.29) is 0 Å². The molecular formula is C13H27NO4. The lowest BCUT2D eigenvalue weighted by Crippen LogP contribution is -2.39. The summed E-state index contributed by atoms with van der Waals surface area (Å²) in [6, 6.07) is 0. The summed E-state index contributed by atoms with van der Waals surface area (Å²) in [5.41, 5.74) is -0.469. The average molecular weight is 261 g/mol. The van der Waals surface area contributed by atoms with Crippen LogP contribution in [0, 0.1) is 0 Å². The second kappa shape index (κ2) is 9.69. The van der Waals surface area contributed by atoms with Crippen molar-refractivity contribution in [3.05, 3.63) is 0 Å². The van der Waals surface area contributed by atoms with Gasteiger partial charge in [0.1, 0.15) is 0 Å². The number of nitrogens with one attached hydrogen (secondary N) is 1. The van der Waals surface area contributed by atoms with E-state index in [0.29, 0.717) is 39.6 Å². The molecule has 0 radical (unpaired) electrons. The summed E-state index contributed by atoms with van der Waals surface area (Å²) in [5.74, 6) is 0. The van der Waals surface area contributed by atoms with E-state index in [0.717, 1.165) is 32.2 Å². The Morgan fingerprint density at radius 3 is 2.28 bits per heavy atom. The highest BCUT2D eigenvalue weighted by Crippen LogP contribution is 2.28. The largest absolute Gasteiger partial charge is 0.389 e. The minimum atomic E-state index is -0.469. The van der Waals surface area contributed by atoms with Crippen LogP contribution in [0.3, 0.4) is 0 Å². The first-order valence-electron chi connectivity index (χ1n) is 6.84. The molecule has 0 atom stereocenters. The highest BCUT2D eigenvalue weighted by molar-refractivity contribution is 4.85. The second-order valence-electron chi connectivity index (χ2n) is 4.83. The molecule has 1 fully saturated rings. The van der Waals surface area contributed by atoms with Crippen LogP contribution < -0.4 is 5.32 Å². The maximum atomic E-state index is 10.1. The van der Waals surface area contributed by atoms with Crippen molar-refractivity contribution in [1.82, 2.24) is 5.32 Å². The van der Waals surface area contributed by atoms with E-state index in [9.17, 15) is 5.11 Å². The van der Waals surface area contributed by atoms with Gasteiger partial charge in [-0.25, -0.2) is 0 Å². The van der Waals surface area contributed by atoms with Crippen molar-refractivity contribution in [2.45, 2.75) is 31.3 Å². The van der Waals surface area contributed by atoms with Crippen molar-refractivity contribution < 1.29 is 19.3 Å². The molecular weight excluding hydrogens is 234 g/mol. The first-order chi connectivity index (χ1) is 8.77. The minimum Gasteiger partial charge on any atom is -0.389 e. The van der Waals surface area contributed by atoms with Crippen LogP contribution in [-0.4, -0.2) is 63.9 Å². The molecule has 0 aromatic carbocycles. The van der Waals surface area contributed by atoms with Crippen LogP contribution in [0.2, 0.25) is 0 Å². The van der Waals surface area contributed by atoms with Crippen LogP contribution in [0.25, 0.3) is 0 Å². The average Bonchev–Trinajstić information content (AvgIpc) is 2.79. The maximum absolute atomic E-state index is 10.1. The fraction of sp³-hybridized carbons (Fsp3) is 1.00. The quantitative estimate of drug-likeness (QED) is 0.532. The first kappa shape index (κ1) is 15.9. The molecule has 0 aromatic rings. The fourth-order valence-corrected chi connectivity index (χ4v) is 2.14. The predicted molar refractivity (Wildman–Crippen MR) is 69.8 cm³/mol. The molecule has 0 aromatic heterocycles. The van der Waals surface area contributed by atoms with Gasteiger partial charge in [0.15, 0.2) is 0 Å². The third-order valence-corrected chi connectivity index (χ3v) is 3.22. The van der Waals surface area contributed by atoms with Crippen molar-refractivity contribution in [2.75, 3.05) is 53.2 Å². The first-order valence-corrected chi connectivity index (χ1v) is 6.84. The third kappa shape index (κ3) is 7.28. The van der Waals surface area contributed by atoms with Crippen molar-refractivity contribution in [1.29, 1.82) is 0 Å². The molecule has 0 aliphatic heterocycles.